The van der Waals surface area contributed by atoms with Gasteiger partial charge in [0.2, 0.25) is 0 Å². The Hall–Kier alpha value is -0.843. The summed E-state index contributed by atoms with van der Waals surface area (Å²) in [6.45, 7) is 0.687. The third kappa shape index (κ3) is 4.08. The normalized spacial score (nSPS) is 9.10. The van der Waals surface area contributed by atoms with Crippen LogP contribution in [0, 0.1) is 28.6 Å². The molecule has 0 aliphatic heterocycles. The number of nitriles is 2. The van der Waals surface area contributed by atoms with Crippen molar-refractivity contribution in [3.8, 4) is 12.1 Å². The SMILES string of the molecule is N#CC(C#N)CCCO[SiH3]. The zero-order valence-corrected chi connectivity index (χ0v) is 8.00. The highest BCUT2D eigenvalue weighted by Crippen LogP contribution is 2.02. The Morgan fingerprint density at radius 2 is 2.00 bits per heavy atom. The molecule has 3 nitrogen and oxygen atoms in total. The molecule has 0 unspecified atom stereocenters. The first-order valence-corrected chi connectivity index (χ1v) is 3.95. The maximum atomic E-state index is 8.32. The first kappa shape index (κ1) is 9.16. The molecule has 4 heteroatoms. The van der Waals surface area contributed by atoms with Gasteiger partial charge in [-0.05, 0) is 12.8 Å². The van der Waals surface area contributed by atoms with Crippen molar-refractivity contribution in [1.29, 1.82) is 10.5 Å². The highest BCUT2D eigenvalue weighted by Gasteiger charge is 2.02. The zero-order valence-electron chi connectivity index (χ0n) is 6.00. The third-order valence-corrected chi connectivity index (χ3v) is 1.56. The minimum Gasteiger partial charge on any atom is -0.428 e. The Morgan fingerprint density at radius 1 is 1.40 bits per heavy atom. The van der Waals surface area contributed by atoms with Gasteiger partial charge in [0.15, 0.2) is 0 Å². The van der Waals surface area contributed by atoms with Crippen LogP contribution in [-0.2, 0) is 4.43 Å². The summed E-state index contributed by atoms with van der Waals surface area (Å²) in [6, 6.07) is 3.81. The van der Waals surface area contributed by atoms with E-state index in [0.717, 1.165) is 16.9 Å². The van der Waals surface area contributed by atoms with Gasteiger partial charge in [-0.3, -0.25) is 0 Å². The summed E-state index contributed by atoms with van der Waals surface area (Å²) in [4.78, 5) is 0. The monoisotopic (exact) mass is 154 g/mol. The fraction of sp³-hybridized carbons (Fsp3) is 0.667. The predicted molar refractivity (Wildman–Crippen MR) is 39.8 cm³/mol. The van der Waals surface area contributed by atoms with Gasteiger partial charge in [-0.1, -0.05) is 0 Å². The minimum atomic E-state index is -0.447. The quantitative estimate of drug-likeness (QED) is 0.413. The summed E-state index contributed by atoms with van der Waals surface area (Å²) in [6.07, 6.45) is 1.45. The average molecular weight is 154 g/mol. The largest absolute Gasteiger partial charge is 0.428 e. The van der Waals surface area contributed by atoms with Gasteiger partial charge in [0.25, 0.3) is 0 Å². The summed E-state index contributed by atoms with van der Waals surface area (Å²) in [5.74, 6) is -0.447. The smallest absolute Gasteiger partial charge is 0.145 e. The second kappa shape index (κ2) is 6.28. The molecule has 0 amide bonds. The van der Waals surface area contributed by atoms with Gasteiger partial charge in [0.1, 0.15) is 16.4 Å². The minimum absolute atomic E-state index is 0.447. The van der Waals surface area contributed by atoms with Crippen molar-refractivity contribution < 1.29 is 4.43 Å². The van der Waals surface area contributed by atoms with Crippen molar-refractivity contribution in [3.05, 3.63) is 0 Å². The average Bonchev–Trinajstić information content (AvgIpc) is 1.99. The topological polar surface area (TPSA) is 56.8 Å². The summed E-state index contributed by atoms with van der Waals surface area (Å²) in [5.41, 5.74) is 0. The van der Waals surface area contributed by atoms with Crippen LogP contribution >= 0.6 is 0 Å². The molecule has 0 aromatic rings. The van der Waals surface area contributed by atoms with E-state index in [1.165, 1.54) is 0 Å². The molecule has 0 N–H and O–H groups in total. The van der Waals surface area contributed by atoms with E-state index >= 15 is 0 Å². The summed E-state index contributed by atoms with van der Waals surface area (Å²) >= 11 is 0. The first-order valence-electron chi connectivity index (χ1n) is 3.13. The number of rotatable bonds is 4. The molecule has 0 heterocycles. The van der Waals surface area contributed by atoms with Crippen molar-refractivity contribution in [2.75, 3.05) is 6.61 Å². The molecule has 0 aliphatic carbocycles. The van der Waals surface area contributed by atoms with Crippen molar-refractivity contribution in [1.82, 2.24) is 0 Å². The number of hydrogen-bond acceptors (Lipinski definition) is 3. The highest BCUT2D eigenvalue weighted by atomic mass is 28.2. The van der Waals surface area contributed by atoms with Crippen LogP contribution in [0.1, 0.15) is 12.8 Å². The Morgan fingerprint density at radius 3 is 2.40 bits per heavy atom. The molecule has 0 aromatic carbocycles. The van der Waals surface area contributed by atoms with Crippen molar-refractivity contribution >= 4 is 10.5 Å². The van der Waals surface area contributed by atoms with E-state index in [4.69, 9.17) is 14.9 Å². The van der Waals surface area contributed by atoms with Gasteiger partial charge in [0.05, 0.1) is 12.1 Å². The maximum Gasteiger partial charge on any atom is 0.145 e. The summed E-state index contributed by atoms with van der Waals surface area (Å²) in [7, 11) is 0.736. The Balaban J connectivity index is 3.31. The summed E-state index contributed by atoms with van der Waals surface area (Å²) < 4.78 is 4.90. The lowest BCUT2D eigenvalue weighted by atomic mass is 10.1. The van der Waals surface area contributed by atoms with Gasteiger partial charge in [0, 0.05) is 6.61 Å². The number of nitrogens with zero attached hydrogens (tertiary/aromatic N) is 2. The van der Waals surface area contributed by atoms with Crippen LogP contribution in [0.3, 0.4) is 0 Å². The lowest BCUT2D eigenvalue weighted by molar-refractivity contribution is 0.332. The number of hydrogen-bond donors (Lipinski definition) is 0. The molecule has 0 rings (SSSR count). The van der Waals surface area contributed by atoms with Crippen LogP contribution in [0.25, 0.3) is 0 Å². The van der Waals surface area contributed by atoms with E-state index in [2.05, 4.69) is 0 Å². The molecule has 0 aliphatic rings. The fourth-order valence-electron chi connectivity index (χ4n) is 0.590. The van der Waals surface area contributed by atoms with Gasteiger partial charge >= 0.3 is 0 Å². The first-order chi connectivity index (χ1) is 4.85. The van der Waals surface area contributed by atoms with Crippen molar-refractivity contribution in [2.24, 2.45) is 5.92 Å². The van der Waals surface area contributed by atoms with Crippen molar-refractivity contribution in [2.45, 2.75) is 12.8 Å². The van der Waals surface area contributed by atoms with Crippen LogP contribution in [0.5, 0.6) is 0 Å². The molecule has 0 radical (unpaired) electrons. The van der Waals surface area contributed by atoms with Crippen LogP contribution in [0.15, 0.2) is 0 Å². The van der Waals surface area contributed by atoms with Crippen LogP contribution in [0.4, 0.5) is 0 Å². The molecule has 0 saturated heterocycles. The highest BCUT2D eigenvalue weighted by molar-refractivity contribution is 5.97. The van der Waals surface area contributed by atoms with E-state index in [0.29, 0.717) is 13.0 Å². The molecular formula is C6H10N2OSi. The Bertz CT molecular complexity index is 144. The molecule has 54 valence electrons. The maximum absolute atomic E-state index is 8.32. The molecule has 10 heavy (non-hydrogen) atoms. The van der Waals surface area contributed by atoms with E-state index in [-0.39, 0.29) is 0 Å². The molecule has 0 aromatic heterocycles. The Labute approximate surface area is 63.8 Å². The standard InChI is InChI=1S/C6H10N2OSi/c7-4-6(5-8)2-1-3-9-10/h6H,1-3H2,10H3. The zero-order chi connectivity index (χ0) is 7.82. The Kier molecular flexibility index (Phi) is 5.75. The molecule has 0 bridgehead atoms. The van der Waals surface area contributed by atoms with Gasteiger partial charge in [-0.15, -0.1) is 0 Å². The van der Waals surface area contributed by atoms with E-state index < -0.39 is 5.92 Å². The molecule has 0 spiro atoms. The second-order valence-corrected chi connectivity index (χ2v) is 2.52. The van der Waals surface area contributed by atoms with E-state index in [1.54, 1.807) is 0 Å². The van der Waals surface area contributed by atoms with Crippen LogP contribution < -0.4 is 0 Å². The molecule has 0 fully saturated rings. The second-order valence-electron chi connectivity index (χ2n) is 1.95. The fourth-order valence-corrected chi connectivity index (χ4v) is 0.878. The van der Waals surface area contributed by atoms with Gasteiger partial charge in [-0.2, -0.15) is 10.5 Å². The third-order valence-electron chi connectivity index (χ3n) is 1.15. The van der Waals surface area contributed by atoms with E-state index in [9.17, 15) is 0 Å². The van der Waals surface area contributed by atoms with Gasteiger partial charge < -0.3 is 4.43 Å². The molecular weight excluding hydrogens is 144 g/mol. The molecule has 0 atom stereocenters. The molecule has 0 saturated carbocycles. The lowest BCUT2D eigenvalue weighted by Gasteiger charge is -1.97. The van der Waals surface area contributed by atoms with Crippen LogP contribution in [0.2, 0.25) is 0 Å². The predicted octanol–water partition coefficient (Wildman–Crippen LogP) is -0.273. The van der Waals surface area contributed by atoms with E-state index in [1.807, 2.05) is 12.1 Å². The van der Waals surface area contributed by atoms with Gasteiger partial charge in [-0.25, -0.2) is 0 Å². The summed E-state index contributed by atoms with van der Waals surface area (Å²) in [5, 5.41) is 16.6. The lowest BCUT2D eigenvalue weighted by Crippen LogP contribution is -1.96. The van der Waals surface area contributed by atoms with Crippen molar-refractivity contribution in [3.63, 3.8) is 0 Å². The van der Waals surface area contributed by atoms with Crippen LogP contribution in [-0.4, -0.2) is 17.1 Å².